The number of nitrogens with one attached hydrogen (secondary N) is 2. The van der Waals surface area contributed by atoms with Crippen LogP contribution < -0.4 is 10.6 Å². The first-order chi connectivity index (χ1) is 8.33. The maximum atomic E-state index is 11.6. The normalized spacial score (nSPS) is 16.4. The van der Waals surface area contributed by atoms with E-state index < -0.39 is 0 Å². The van der Waals surface area contributed by atoms with Crippen molar-refractivity contribution in [3.8, 4) is 12.3 Å². The van der Waals surface area contributed by atoms with Crippen molar-refractivity contribution in [2.75, 3.05) is 19.6 Å². The predicted octanol–water partition coefficient (Wildman–Crippen LogP) is 1.69. The molecular formula is C14H24N2O. The third-order valence-electron chi connectivity index (χ3n) is 3.31. The first-order valence-corrected chi connectivity index (χ1v) is 6.74. The lowest BCUT2D eigenvalue weighted by Crippen LogP contribution is -2.29. The van der Waals surface area contributed by atoms with E-state index in [1.54, 1.807) is 0 Å². The van der Waals surface area contributed by atoms with E-state index >= 15 is 0 Å². The van der Waals surface area contributed by atoms with Gasteiger partial charge in [-0.3, -0.25) is 4.79 Å². The second kappa shape index (κ2) is 9.07. The fourth-order valence-corrected chi connectivity index (χ4v) is 2.17. The van der Waals surface area contributed by atoms with E-state index in [1.165, 1.54) is 12.8 Å². The smallest absolute Gasteiger partial charge is 0.220 e. The molecule has 96 valence electrons. The molecule has 1 fully saturated rings. The van der Waals surface area contributed by atoms with Crippen molar-refractivity contribution in [3.63, 3.8) is 0 Å². The molecule has 1 aliphatic heterocycles. The molecule has 1 rings (SSSR count). The number of unbranched alkanes of at least 4 members (excludes halogenated alkanes) is 2. The fraction of sp³-hybridized carbons (Fsp3) is 0.786. The number of carbonyl (C=O) groups is 1. The number of hydrogen-bond acceptors (Lipinski definition) is 2. The summed E-state index contributed by atoms with van der Waals surface area (Å²) in [7, 11) is 0. The number of piperidine rings is 1. The Morgan fingerprint density at radius 3 is 2.82 bits per heavy atom. The molecule has 0 aromatic rings. The minimum Gasteiger partial charge on any atom is -0.356 e. The zero-order chi connectivity index (χ0) is 12.3. The van der Waals surface area contributed by atoms with Gasteiger partial charge in [-0.25, -0.2) is 0 Å². The molecule has 1 saturated heterocycles. The number of hydrogen-bond donors (Lipinski definition) is 2. The summed E-state index contributed by atoms with van der Waals surface area (Å²) in [5, 5.41) is 6.30. The highest BCUT2D eigenvalue weighted by molar-refractivity contribution is 5.75. The molecule has 0 saturated carbocycles. The Bertz CT molecular complexity index is 251. The van der Waals surface area contributed by atoms with Gasteiger partial charge in [-0.15, -0.1) is 12.3 Å². The third kappa shape index (κ3) is 7.01. The zero-order valence-corrected chi connectivity index (χ0v) is 10.6. The Labute approximate surface area is 105 Å². The quantitative estimate of drug-likeness (QED) is 0.521. The zero-order valence-electron chi connectivity index (χ0n) is 10.6. The largest absolute Gasteiger partial charge is 0.356 e. The van der Waals surface area contributed by atoms with Crippen molar-refractivity contribution in [1.29, 1.82) is 0 Å². The molecule has 0 bridgehead atoms. The number of rotatable bonds is 7. The van der Waals surface area contributed by atoms with E-state index in [-0.39, 0.29) is 5.91 Å². The van der Waals surface area contributed by atoms with Gasteiger partial charge < -0.3 is 10.6 Å². The van der Waals surface area contributed by atoms with Crippen molar-refractivity contribution in [3.05, 3.63) is 0 Å². The Kier molecular flexibility index (Phi) is 7.49. The molecule has 17 heavy (non-hydrogen) atoms. The molecule has 3 heteroatoms. The summed E-state index contributed by atoms with van der Waals surface area (Å²) in [4.78, 5) is 11.6. The van der Waals surface area contributed by atoms with Crippen molar-refractivity contribution in [2.45, 2.75) is 44.9 Å². The molecule has 0 spiro atoms. The van der Waals surface area contributed by atoms with Crippen LogP contribution in [0, 0.1) is 18.3 Å². The van der Waals surface area contributed by atoms with Gasteiger partial charge >= 0.3 is 0 Å². The standard InChI is InChI=1S/C14H24N2O/c1-2-3-4-5-10-16-14(17)7-6-13-8-11-15-12-9-13/h1,13,15H,3-12H2,(H,16,17). The third-order valence-corrected chi connectivity index (χ3v) is 3.31. The molecule has 1 aliphatic rings. The summed E-state index contributed by atoms with van der Waals surface area (Å²) in [6, 6.07) is 0. The Hall–Kier alpha value is -1.01. The highest BCUT2D eigenvalue weighted by Crippen LogP contribution is 2.17. The van der Waals surface area contributed by atoms with Crippen LogP contribution >= 0.6 is 0 Å². The molecule has 1 amide bonds. The Balaban J connectivity index is 1.95. The molecule has 3 nitrogen and oxygen atoms in total. The van der Waals surface area contributed by atoms with Gasteiger partial charge in [0.1, 0.15) is 0 Å². The first kappa shape index (κ1) is 14.1. The monoisotopic (exact) mass is 236 g/mol. The van der Waals surface area contributed by atoms with Crippen LogP contribution in [0.3, 0.4) is 0 Å². The van der Waals surface area contributed by atoms with E-state index in [0.717, 1.165) is 51.2 Å². The van der Waals surface area contributed by atoms with Gasteiger partial charge in [-0.05, 0) is 51.1 Å². The summed E-state index contributed by atoms with van der Waals surface area (Å²) < 4.78 is 0. The maximum absolute atomic E-state index is 11.6. The average molecular weight is 236 g/mol. The molecular weight excluding hydrogens is 212 g/mol. The maximum Gasteiger partial charge on any atom is 0.220 e. The van der Waals surface area contributed by atoms with Gasteiger partial charge in [-0.2, -0.15) is 0 Å². The highest BCUT2D eigenvalue weighted by atomic mass is 16.1. The summed E-state index contributed by atoms with van der Waals surface area (Å²) in [5.74, 6) is 3.54. The van der Waals surface area contributed by atoms with E-state index in [2.05, 4.69) is 16.6 Å². The van der Waals surface area contributed by atoms with Crippen molar-refractivity contribution in [2.24, 2.45) is 5.92 Å². The van der Waals surface area contributed by atoms with Crippen LogP contribution in [0.5, 0.6) is 0 Å². The summed E-state index contributed by atoms with van der Waals surface area (Å²) >= 11 is 0. The molecule has 0 aromatic carbocycles. The fourth-order valence-electron chi connectivity index (χ4n) is 2.17. The SMILES string of the molecule is C#CCCCCNC(=O)CCC1CCNCC1. The van der Waals surface area contributed by atoms with Crippen LogP contribution in [0.15, 0.2) is 0 Å². The summed E-state index contributed by atoms with van der Waals surface area (Å²) in [6.45, 7) is 2.99. The van der Waals surface area contributed by atoms with Crippen molar-refractivity contribution in [1.82, 2.24) is 10.6 Å². The molecule has 0 radical (unpaired) electrons. The van der Waals surface area contributed by atoms with Crippen molar-refractivity contribution >= 4 is 5.91 Å². The predicted molar refractivity (Wildman–Crippen MR) is 70.5 cm³/mol. The van der Waals surface area contributed by atoms with Gasteiger partial charge in [0.2, 0.25) is 5.91 Å². The first-order valence-electron chi connectivity index (χ1n) is 6.74. The molecule has 2 N–H and O–H groups in total. The van der Waals surface area contributed by atoms with E-state index in [4.69, 9.17) is 6.42 Å². The van der Waals surface area contributed by atoms with Gasteiger partial charge in [-0.1, -0.05) is 0 Å². The second-order valence-electron chi connectivity index (χ2n) is 4.74. The molecule has 1 heterocycles. The summed E-state index contributed by atoms with van der Waals surface area (Å²) in [5.41, 5.74) is 0. The molecule has 0 unspecified atom stereocenters. The molecule has 0 aromatic heterocycles. The number of terminal acetylenes is 1. The summed E-state index contributed by atoms with van der Waals surface area (Å²) in [6.07, 6.45) is 12.1. The lowest BCUT2D eigenvalue weighted by atomic mass is 9.93. The van der Waals surface area contributed by atoms with Gasteiger partial charge in [0, 0.05) is 19.4 Å². The van der Waals surface area contributed by atoms with E-state index in [1.807, 2.05) is 0 Å². The second-order valence-corrected chi connectivity index (χ2v) is 4.74. The van der Waals surface area contributed by atoms with Gasteiger partial charge in [0.05, 0.1) is 0 Å². The number of amides is 1. The van der Waals surface area contributed by atoms with Crippen LogP contribution in [0.4, 0.5) is 0 Å². The highest BCUT2D eigenvalue weighted by Gasteiger charge is 2.13. The minimum atomic E-state index is 0.198. The molecule has 0 aliphatic carbocycles. The Morgan fingerprint density at radius 1 is 1.35 bits per heavy atom. The minimum absolute atomic E-state index is 0.198. The van der Waals surface area contributed by atoms with Crippen LogP contribution in [-0.2, 0) is 4.79 Å². The average Bonchev–Trinajstić information content (AvgIpc) is 2.37. The lowest BCUT2D eigenvalue weighted by molar-refractivity contribution is -0.121. The van der Waals surface area contributed by atoms with Crippen molar-refractivity contribution < 1.29 is 4.79 Å². The van der Waals surface area contributed by atoms with Crippen LogP contribution in [0.2, 0.25) is 0 Å². The molecule has 0 atom stereocenters. The van der Waals surface area contributed by atoms with Crippen LogP contribution in [0.1, 0.15) is 44.9 Å². The van der Waals surface area contributed by atoms with Crippen LogP contribution in [-0.4, -0.2) is 25.5 Å². The number of carbonyl (C=O) groups excluding carboxylic acids is 1. The van der Waals surface area contributed by atoms with E-state index in [9.17, 15) is 4.79 Å². The van der Waals surface area contributed by atoms with Gasteiger partial charge in [0.25, 0.3) is 0 Å². The lowest BCUT2D eigenvalue weighted by Gasteiger charge is -2.22. The van der Waals surface area contributed by atoms with E-state index in [0.29, 0.717) is 6.42 Å². The Morgan fingerprint density at radius 2 is 2.12 bits per heavy atom. The van der Waals surface area contributed by atoms with Crippen LogP contribution in [0.25, 0.3) is 0 Å². The topological polar surface area (TPSA) is 41.1 Å². The van der Waals surface area contributed by atoms with Gasteiger partial charge in [0.15, 0.2) is 0 Å².